The van der Waals surface area contributed by atoms with Crippen LogP contribution in [0.5, 0.6) is 0 Å². The Labute approximate surface area is 118 Å². The predicted molar refractivity (Wildman–Crippen MR) is 83.3 cm³/mol. The Bertz CT molecular complexity index is 388. The molecule has 106 valence electrons. The average molecular weight is 259 g/mol. The van der Waals surface area contributed by atoms with Crippen LogP contribution in [0.3, 0.4) is 0 Å². The maximum atomic E-state index is 6.65. The van der Waals surface area contributed by atoms with Gasteiger partial charge in [0, 0.05) is 5.54 Å². The fraction of sp³-hybridized carbons (Fsp3) is 0.667. The zero-order valence-corrected chi connectivity index (χ0v) is 12.6. The van der Waals surface area contributed by atoms with Crippen molar-refractivity contribution in [2.75, 3.05) is 0 Å². The molecule has 1 heteroatoms. The van der Waals surface area contributed by atoms with Crippen LogP contribution < -0.4 is 5.73 Å². The van der Waals surface area contributed by atoms with Gasteiger partial charge in [-0.3, -0.25) is 0 Å². The van der Waals surface area contributed by atoms with E-state index >= 15 is 0 Å². The SMILES string of the molecule is CCCCC1CCC(N)(Cc2ccccc2C)CC1. The van der Waals surface area contributed by atoms with E-state index in [0.717, 1.165) is 12.3 Å². The van der Waals surface area contributed by atoms with Gasteiger partial charge in [0.2, 0.25) is 0 Å². The molecule has 1 fully saturated rings. The molecule has 2 rings (SSSR count). The summed E-state index contributed by atoms with van der Waals surface area (Å²) in [7, 11) is 0. The van der Waals surface area contributed by atoms with Gasteiger partial charge in [-0.05, 0) is 56.1 Å². The molecule has 0 unspecified atom stereocenters. The van der Waals surface area contributed by atoms with Crippen molar-refractivity contribution in [3.05, 3.63) is 35.4 Å². The molecule has 0 saturated heterocycles. The van der Waals surface area contributed by atoms with Crippen molar-refractivity contribution < 1.29 is 0 Å². The van der Waals surface area contributed by atoms with Crippen LogP contribution in [0.15, 0.2) is 24.3 Å². The van der Waals surface area contributed by atoms with Crippen molar-refractivity contribution in [2.24, 2.45) is 11.7 Å². The van der Waals surface area contributed by atoms with Crippen molar-refractivity contribution in [3.63, 3.8) is 0 Å². The van der Waals surface area contributed by atoms with Crippen molar-refractivity contribution in [1.29, 1.82) is 0 Å². The first-order valence-corrected chi connectivity index (χ1v) is 7.96. The largest absolute Gasteiger partial charge is 0.325 e. The van der Waals surface area contributed by atoms with Crippen LogP contribution in [0.25, 0.3) is 0 Å². The van der Waals surface area contributed by atoms with Crippen LogP contribution in [0.4, 0.5) is 0 Å². The number of hydrogen-bond acceptors (Lipinski definition) is 1. The van der Waals surface area contributed by atoms with E-state index in [2.05, 4.69) is 38.1 Å². The van der Waals surface area contributed by atoms with Gasteiger partial charge in [0.15, 0.2) is 0 Å². The lowest BCUT2D eigenvalue weighted by molar-refractivity contribution is 0.221. The van der Waals surface area contributed by atoms with Gasteiger partial charge in [-0.2, -0.15) is 0 Å². The summed E-state index contributed by atoms with van der Waals surface area (Å²) in [5, 5.41) is 0. The van der Waals surface area contributed by atoms with E-state index in [-0.39, 0.29) is 5.54 Å². The van der Waals surface area contributed by atoms with E-state index in [1.807, 2.05) is 0 Å². The summed E-state index contributed by atoms with van der Waals surface area (Å²) < 4.78 is 0. The van der Waals surface area contributed by atoms with E-state index in [0.29, 0.717) is 0 Å². The van der Waals surface area contributed by atoms with Crippen LogP contribution in [0.1, 0.15) is 63.0 Å². The lowest BCUT2D eigenvalue weighted by atomic mass is 9.72. The Hall–Kier alpha value is -0.820. The maximum absolute atomic E-state index is 6.65. The minimum Gasteiger partial charge on any atom is -0.325 e. The van der Waals surface area contributed by atoms with E-state index in [1.54, 1.807) is 0 Å². The summed E-state index contributed by atoms with van der Waals surface area (Å²) >= 11 is 0. The molecule has 1 aliphatic carbocycles. The fourth-order valence-electron chi connectivity index (χ4n) is 3.40. The van der Waals surface area contributed by atoms with E-state index in [4.69, 9.17) is 5.73 Å². The highest BCUT2D eigenvalue weighted by Gasteiger charge is 2.31. The Morgan fingerprint density at radius 1 is 1.21 bits per heavy atom. The van der Waals surface area contributed by atoms with Crippen LogP contribution in [-0.2, 0) is 6.42 Å². The summed E-state index contributed by atoms with van der Waals surface area (Å²) in [6, 6.07) is 8.70. The number of rotatable bonds is 5. The number of nitrogens with two attached hydrogens (primary N) is 1. The van der Waals surface area contributed by atoms with Crippen LogP contribution in [0, 0.1) is 12.8 Å². The molecule has 2 N–H and O–H groups in total. The smallest absolute Gasteiger partial charge is 0.0195 e. The first kappa shape index (κ1) is 14.6. The molecule has 0 amide bonds. The molecule has 0 radical (unpaired) electrons. The van der Waals surface area contributed by atoms with Crippen LogP contribution >= 0.6 is 0 Å². The summed E-state index contributed by atoms with van der Waals surface area (Å²) in [5.74, 6) is 0.938. The molecule has 0 aliphatic heterocycles. The second-order valence-electron chi connectivity index (χ2n) is 6.55. The summed E-state index contributed by atoms with van der Waals surface area (Å²) in [6.07, 6.45) is 10.3. The van der Waals surface area contributed by atoms with E-state index in [1.165, 1.54) is 56.1 Å². The van der Waals surface area contributed by atoms with Gasteiger partial charge in [-0.25, -0.2) is 0 Å². The van der Waals surface area contributed by atoms with Gasteiger partial charge in [0.1, 0.15) is 0 Å². The Kier molecular flexibility index (Phi) is 5.04. The number of hydrogen-bond donors (Lipinski definition) is 1. The monoisotopic (exact) mass is 259 g/mol. The zero-order chi connectivity index (χ0) is 13.7. The van der Waals surface area contributed by atoms with Gasteiger partial charge in [-0.1, -0.05) is 50.5 Å². The van der Waals surface area contributed by atoms with Crippen molar-refractivity contribution in [3.8, 4) is 0 Å². The van der Waals surface area contributed by atoms with Crippen molar-refractivity contribution in [1.82, 2.24) is 0 Å². The van der Waals surface area contributed by atoms with Gasteiger partial charge < -0.3 is 5.73 Å². The number of benzene rings is 1. The molecule has 1 aromatic rings. The third kappa shape index (κ3) is 4.07. The molecule has 1 saturated carbocycles. The second-order valence-corrected chi connectivity index (χ2v) is 6.55. The summed E-state index contributed by atoms with van der Waals surface area (Å²) in [6.45, 7) is 4.49. The fourth-order valence-corrected chi connectivity index (χ4v) is 3.40. The summed E-state index contributed by atoms with van der Waals surface area (Å²) in [5.41, 5.74) is 9.53. The van der Waals surface area contributed by atoms with Gasteiger partial charge in [-0.15, -0.1) is 0 Å². The number of aryl methyl sites for hydroxylation is 1. The minimum absolute atomic E-state index is 0.0504. The quantitative estimate of drug-likeness (QED) is 0.820. The third-order valence-corrected chi connectivity index (χ3v) is 4.87. The average Bonchev–Trinajstić information content (AvgIpc) is 2.41. The Balaban J connectivity index is 1.90. The van der Waals surface area contributed by atoms with Crippen LogP contribution in [-0.4, -0.2) is 5.54 Å². The van der Waals surface area contributed by atoms with Crippen LogP contribution in [0.2, 0.25) is 0 Å². The van der Waals surface area contributed by atoms with Gasteiger partial charge >= 0.3 is 0 Å². The first-order valence-electron chi connectivity index (χ1n) is 7.96. The molecule has 0 heterocycles. The lowest BCUT2D eigenvalue weighted by Gasteiger charge is -2.37. The van der Waals surface area contributed by atoms with Gasteiger partial charge in [0.05, 0.1) is 0 Å². The maximum Gasteiger partial charge on any atom is 0.0195 e. The molecule has 0 atom stereocenters. The highest BCUT2D eigenvalue weighted by molar-refractivity contribution is 5.27. The first-order chi connectivity index (χ1) is 9.13. The topological polar surface area (TPSA) is 26.0 Å². The molecule has 1 aromatic carbocycles. The lowest BCUT2D eigenvalue weighted by Crippen LogP contribution is -2.45. The normalized spacial score (nSPS) is 27.4. The minimum atomic E-state index is 0.0504. The summed E-state index contributed by atoms with van der Waals surface area (Å²) in [4.78, 5) is 0. The highest BCUT2D eigenvalue weighted by atomic mass is 14.7. The molecule has 19 heavy (non-hydrogen) atoms. The molecule has 0 spiro atoms. The molecular weight excluding hydrogens is 230 g/mol. The van der Waals surface area contributed by atoms with Crippen molar-refractivity contribution >= 4 is 0 Å². The van der Waals surface area contributed by atoms with Crippen molar-refractivity contribution in [2.45, 2.75) is 70.8 Å². The second kappa shape index (κ2) is 6.56. The number of unbranched alkanes of at least 4 members (excludes halogenated alkanes) is 1. The molecular formula is C18H29N. The Morgan fingerprint density at radius 3 is 2.53 bits per heavy atom. The molecule has 1 aliphatic rings. The van der Waals surface area contributed by atoms with E-state index < -0.39 is 0 Å². The standard InChI is InChI=1S/C18H29N/c1-3-4-8-16-10-12-18(19,13-11-16)14-17-9-6-5-7-15(17)2/h5-7,9,16H,3-4,8,10-14,19H2,1-2H3. The van der Waals surface area contributed by atoms with E-state index in [9.17, 15) is 0 Å². The molecule has 1 nitrogen and oxygen atoms in total. The third-order valence-electron chi connectivity index (χ3n) is 4.87. The zero-order valence-electron chi connectivity index (χ0n) is 12.6. The van der Waals surface area contributed by atoms with Gasteiger partial charge in [0.25, 0.3) is 0 Å². The highest BCUT2D eigenvalue weighted by Crippen LogP contribution is 2.35. The molecule has 0 aromatic heterocycles. The Morgan fingerprint density at radius 2 is 1.89 bits per heavy atom. The molecule has 0 bridgehead atoms. The predicted octanol–water partition coefficient (Wildman–Crippen LogP) is 4.62.